The number of aromatic nitrogens is 1. The van der Waals surface area contributed by atoms with Crippen molar-refractivity contribution in [3.8, 4) is 0 Å². The summed E-state index contributed by atoms with van der Waals surface area (Å²) in [5.41, 5.74) is 1.25. The van der Waals surface area contributed by atoms with Gasteiger partial charge in [0.2, 0.25) is 5.91 Å². The minimum absolute atomic E-state index is 0.295. The number of imide groups is 1. The van der Waals surface area contributed by atoms with Gasteiger partial charge in [-0.15, -0.1) is 0 Å². The topological polar surface area (TPSA) is 62.6 Å². The first-order valence-electron chi connectivity index (χ1n) is 7.67. The van der Waals surface area contributed by atoms with Crippen molar-refractivity contribution in [2.45, 2.75) is 24.8 Å². The van der Waals surface area contributed by atoms with E-state index in [-0.39, 0.29) is 11.8 Å². The average Bonchev–Trinajstić information content (AvgIpc) is 3.40. The standard InChI is InChI=1S/C18H15N3O2/c22-17-14-6-2-1-5-13(14)15(11-20-12-8-9-12)18(23)21(17)16-7-3-4-10-19-16/h1-7,10-12,15H,8-9H2/t15-/m1/s1. The predicted molar refractivity (Wildman–Crippen MR) is 86.8 cm³/mol. The van der Waals surface area contributed by atoms with Crippen molar-refractivity contribution in [1.82, 2.24) is 4.98 Å². The zero-order chi connectivity index (χ0) is 15.8. The molecule has 2 heterocycles. The molecule has 1 aliphatic heterocycles. The van der Waals surface area contributed by atoms with Gasteiger partial charge in [-0.1, -0.05) is 24.3 Å². The Kier molecular flexibility index (Phi) is 3.26. The van der Waals surface area contributed by atoms with E-state index in [9.17, 15) is 9.59 Å². The highest BCUT2D eigenvalue weighted by molar-refractivity contribution is 6.28. The molecule has 1 saturated carbocycles. The second kappa shape index (κ2) is 5.43. The molecule has 1 aromatic heterocycles. The van der Waals surface area contributed by atoms with E-state index in [0.717, 1.165) is 23.3 Å². The largest absolute Gasteiger partial charge is 0.293 e. The van der Waals surface area contributed by atoms with E-state index in [1.807, 2.05) is 12.1 Å². The van der Waals surface area contributed by atoms with E-state index in [0.29, 0.717) is 17.4 Å². The van der Waals surface area contributed by atoms with Gasteiger partial charge in [-0.2, -0.15) is 0 Å². The van der Waals surface area contributed by atoms with E-state index in [2.05, 4.69) is 9.98 Å². The Labute approximate surface area is 133 Å². The van der Waals surface area contributed by atoms with Crippen molar-refractivity contribution in [3.05, 3.63) is 59.8 Å². The molecule has 2 aliphatic rings. The quantitative estimate of drug-likeness (QED) is 0.647. The van der Waals surface area contributed by atoms with E-state index >= 15 is 0 Å². The zero-order valence-corrected chi connectivity index (χ0v) is 12.4. The Balaban J connectivity index is 1.81. The smallest absolute Gasteiger partial charge is 0.266 e. The molecule has 1 atom stereocenters. The number of amides is 2. The van der Waals surface area contributed by atoms with Gasteiger partial charge >= 0.3 is 0 Å². The van der Waals surface area contributed by atoms with Crippen LogP contribution in [0.2, 0.25) is 0 Å². The van der Waals surface area contributed by atoms with Crippen LogP contribution in [0.3, 0.4) is 0 Å². The Hall–Kier alpha value is -2.82. The van der Waals surface area contributed by atoms with Crippen LogP contribution in [0.5, 0.6) is 0 Å². The molecule has 114 valence electrons. The van der Waals surface area contributed by atoms with Crippen LogP contribution in [0.4, 0.5) is 5.82 Å². The van der Waals surface area contributed by atoms with Crippen LogP contribution in [0.25, 0.3) is 0 Å². The molecule has 5 nitrogen and oxygen atoms in total. The molecule has 0 bridgehead atoms. The number of fused-ring (bicyclic) bond motifs is 1. The van der Waals surface area contributed by atoms with Crippen LogP contribution in [0.1, 0.15) is 34.7 Å². The van der Waals surface area contributed by atoms with Crippen LogP contribution in [0.15, 0.2) is 53.7 Å². The minimum Gasteiger partial charge on any atom is -0.293 e. The molecular weight excluding hydrogens is 290 g/mol. The fourth-order valence-corrected chi connectivity index (χ4v) is 2.73. The first-order valence-corrected chi connectivity index (χ1v) is 7.67. The van der Waals surface area contributed by atoms with Gasteiger partial charge in [-0.25, -0.2) is 9.88 Å². The Morgan fingerprint density at radius 1 is 1.09 bits per heavy atom. The molecule has 0 saturated heterocycles. The van der Waals surface area contributed by atoms with Gasteiger partial charge < -0.3 is 0 Å². The predicted octanol–water partition coefficient (Wildman–Crippen LogP) is 2.59. The van der Waals surface area contributed by atoms with Gasteiger partial charge in [0.15, 0.2) is 0 Å². The molecule has 2 amide bonds. The summed E-state index contributed by atoms with van der Waals surface area (Å²) in [6.45, 7) is 0. The zero-order valence-electron chi connectivity index (χ0n) is 12.4. The molecular formula is C18H15N3O2. The second-order valence-corrected chi connectivity index (χ2v) is 5.76. The van der Waals surface area contributed by atoms with E-state index in [4.69, 9.17) is 0 Å². The fraction of sp³-hybridized carbons (Fsp3) is 0.222. The number of nitrogens with zero attached hydrogens (tertiary/aromatic N) is 3. The first-order chi connectivity index (χ1) is 11.3. The summed E-state index contributed by atoms with van der Waals surface area (Å²) >= 11 is 0. The van der Waals surface area contributed by atoms with Crippen molar-refractivity contribution in [2.75, 3.05) is 4.90 Å². The number of benzene rings is 1. The van der Waals surface area contributed by atoms with Crippen molar-refractivity contribution in [1.29, 1.82) is 0 Å². The molecule has 0 radical (unpaired) electrons. The molecule has 0 unspecified atom stereocenters. The lowest BCUT2D eigenvalue weighted by Crippen LogP contribution is -2.46. The minimum atomic E-state index is -0.536. The number of carbonyl (C=O) groups is 2. The maximum absolute atomic E-state index is 12.9. The van der Waals surface area contributed by atoms with Gasteiger partial charge in [0.25, 0.3) is 5.91 Å². The van der Waals surface area contributed by atoms with Gasteiger partial charge in [-0.3, -0.25) is 14.6 Å². The summed E-state index contributed by atoms with van der Waals surface area (Å²) in [6.07, 6.45) is 5.41. The number of anilines is 1. The summed E-state index contributed by atoms with van der Waals surface area (Å²) in [6, 6.07) is 12.7. The van der Waals surface area contributed by atoms with Crippen LogP contribution >= 0.6 is 0 Å². The van der Waals surface area contributed by atoms with Gasteiger partial charge in [-0.05, 0) is 36.6 Å². The summed E-state index contributed by atoms with van der Waals surface area (Å²) in [5, 5.41) is 0. The number of hydrogen-bond acceptors (Lipinski definition) is 4. The summed E-state index contributed by atoms with van der Waals surface area (Å²) in [7, 11) is 0. The Morgan fingerprint density at radius 3 is 2.61 bits per heavy atom. The molecule has 1 fully saturated rings. The van der Waals surface area contributed by atoms with Crippen molar-refractivity contribution in [3.63, 3.8) is 0 Å². The second-order valence-electron chi connectivity index (χ2n) is 5.76. The van der Waals surface area contributed by atoms with E-state index < -0.39 is 5.92 Å². The van der Waals surface area contributed by atoms with E-state index in [1.54, 1.807) is 42.7 Å². The third-order valence-electron chi connectivity index (χ3n) is 4.09. The SMILES string of the molecule is O=C1c2ccccc2[C@@H](C=NC2CC2)C(=O)N1c1ccccn1. The third-order valence-corrected chi connectivity index (χ3v) is 4.09. The summed E-state index contributed by atoms with van der Waals surface area (Å²) in [4.78, 5) is 35.4. The molecule has 2 aromatic rings. The highest BCUT2D eigenvalue weighted by Crippen LogP contribution is 2.32. The lowest BCUT2D eigenvalue weighted by molar-refractivity contribution is -0.118. The monoisotopic (exact) mass is 305 g/mol. The number of carbonyl (C=O) groups excluding carboxylic acids is 2. The lowest BCUT2D eigenvalue weighted by Gasteiger charge is -2.30. The maximum Gasteiger partial charge on any atom is 0.266 e. The number of rotatable bonds is 3. The van der Waals surface area contributed by atoms with Gasteiger partial charge in [0.1, 0.15) is 5.82 Å². The third kappa shape index (κ3) is 2.44. The average molecular weight is 305 g/mol. The van der Waals surface area contributed by atoms with Gasteiger partial charge in [0, 0.05) is 24.0 Å². The number of pyridine rings is 1. The Bertz CT molecular complexity index is 797. The first kappa shape index (κ1) is 13.8. The summed E-state index contributed by atoms with van der Waals surface area (Å²) in [5.74, 6) is -0.814. The highest BCUT2D eigenvalue weighted by atomic mass is 16.2. The Morgan fingerprint density at radius 2 is 1.87 bits per heavy atom. The molecule has 0 spiro atoms. The summed E-state index contributed by atoms with van der Waals surface area (Å²) < 4.78 is 0. The number of hydrogen-bond donors (Lipinski definition) is 0. The highest BCUT2D eigenvalue weighted by Gasteiger charge is 2.39. The fourth-order valence-electron chi connectivity index (χ4n) is 2.73. The van der Waals surface area contributed by atoms with Crippen molar-refractivity contribution in [2.24, 2.45) is 4.99 Å². The van der Waals surface area contributed by atoms with Crippen LogP contribution in [0, 0.1) is 0 Å². The molecule has 1 aromatic carbocycles. The molecule has 5 heteroatoms. The molecule has 4 rings (SSSR count). The maximum atomic E-state index is 12.9. The van der Waals surface area contributed by atoms with E-state index in [1.165, 1.54) is 0 Å². The number of aliphatic imine (C=N–C) groups is 1. The molecule has 0 N–H and O–H groups in total. The van der Waals surface area contributed by atoms with Crippen LogP contribution in [-0.2, 0) is 4.79 Å². The van der Waals surface area contributed by atoms with Crippen molar-refractivity contribution < 1.29 is 9.59 Å². The van der Waals surface area contributed by atoms with Crippen LogP contribution < -0.4 is 4.90 Å². The van der Waals surface area contributed by atoms with Crippen LogP contribution in [-0.4, -0.2) is 29.1 Å². The molecule has 23 heavy (non-hydrogen) atoms. The van der Waals surface area contributed by atoms with Gasteiger partial charge in [0.05, 0.1) is 5.92 Å². The lowest BCUT2D eigenvalue weighted by atomic mass is 9.89. The normalized spacial score (nSPS) is 20.9. The van der Waals surface area contributed by atoms with Crippen molar-refractivity contribution >= 4 is 23.8 Å². The molecule has 1 aliphatic carbocycles.